The first-order valence-corrected chi connectivity index (χ1v) is 9.76. The van der Waals surface area contributed by atoms with Crippen molar-refractivity contribution in [3.63, 3.8) is 0 Å². The molecule has 0 fully saturated rings. The largest absolute Gasteiger partial charge is 0.453 e. The zero-order valence-corrected chi connectivity index (χ0v) is 16.7. The summed E-state index contributed by atoms with van der Waals surface area (Å²) in [5.41, 5.74) is 7.89. The minimum atomic E-state index is -0.503. The van der Waals surface area contributed by atoms with Crippen molar-refractivity contribution in [2.75, 3.05) is 0 Å². The number of aromatic nitrogens is 4. The third-order valence-corrected chi connectivity index (χ3v) is 4.68. The van der Waals surface area contributed by atoms with Crippen LogP contribution < -0.4 is 15.2 Å². The van der Waals surface area contributed by atoms with Gasteiger partial charge in [0, 0.05) is 30.1 Å². The molecule has 0 aliphatic rings. The monoisotopic (exact) mass is 423 g/mol. The summed E-state index contributed by atoms with van der Waals surface area (Å²) in [5, 5.41) is 0. The average Bonchev–Trinajstić information content (AvgIpc) is 3.24. The lowest BCUT2D eigenvalue weighted by Gasteiger charge is -2.12. The van der Waals surface area contributed by atoms with Gasteiger partial charge in [-0.3, -0.25) is 14.8 Å². The van der Waals surface area contributed by atoms with Crippen LogP contribution in [0.1, 0.15) is 10.4 Å². The highest BCUT2D eigenvalue weighted by atomic mass is 16.5. The molecule has 32 heavy (non-hydrogen) atoms. The number of hydrogen-bond donors (Lipinski definition) is 2. The van der Waals surface area contributed by atoms with Crippen LogP contribution >= 0.6 is 0 Å². The van der Waals surface area contributed by atoms with Crippen LogP contribution in [-0.4, -0.2) is 25.8 Å². The first-order chi connectivity index (χ1) is 15.7. The Morgan fingerprint density at radius 1 is 0.875 bits per heavy atom. The number of primary amides is 1. The molecule has 0 spiro atoms. The lowest BCUT2D eigenvalue weighted by Crippen LogP contribution is -2.10. The van der Waals surface area contributed by atoms with Gasteiger partial charge in [0.05, 0.1) is 17.2 Å². The van der Waals surface area contributed by atoms with Crippen molar-refractivity contribution in [2.24, 2.45) is 5.73 Å². The molecule has 8 heteroatoms. The van der Waals surface area contributed by atoms with Crippen LogP contribution in [-0.2, 0) is 0 Å². The summed E-state index contributed by atoms with van der Waals surface area (Å²) in [4.78, 5) is 27.7. The van der Waals surface area contributed by atoms with Gasteiger partial charge in [-0.25, -0.2) is 4.98 Å². The van der Waals surface area contributed by atoms with E-state index < -0.39 is 5.91 Å². The fraction of sp³-hybridized carbons (Fsp3) is 0. The van der Waals surface area contributed by atoms with Crippen molar-refractivity contribution in [1.82, 2.24) is 19.9 Å². The second kappa shape index (κ2) is 8.19. The van der Waals surface area contributed by atoms with E-state index in [-0.39, 0.29) is 0 Å². The van der Waals surface area contributed by atoms with Crippen molar-refractivity contribution in [2.45, 2.75) is 0 Å². The minimum absolute atomic E-state index is 0.395. The molecule has 3 aromatic heterocycles. The van der Waals surface area contributed by atoms with Crippen molar-refractivity contribution in [3.05, 3.63) is 90.9 Å². The van der Waals surface area contributed by atoms with Crippen molar-refractivity contribution in [3.8, 4) is 34.5 Å². The fourth-order valence-electron chi connectivity index (χ4n) is 3.15. The molecule has 0 saturated heterocycles. The number of amides is 1. The second-order valence-electron chi connectivity index (χ2n) is 6.90. The van der Waals surface area contributed by atoms with E-state index in [1.807, 2.05) is 24.3 Å². The van der Waals surface area contributed by atoms with Crippen molar-refractivity contribution in [1.29, 1.82) is 0 Å². The highest BCUT2D eigenvalue weighted by molar-refractivity contribution is 5.92. The Bertz CT molecular complexity index is 1380. The molecule has 5 aromatic rings. The summed E-state index contributed by atoms with van der Waals surface area (Å²) in [6.45, 7) is 0. The summed E-state index contributed by atoms with van der Waals surface area (Å²) in [5.74, 6) is 2.14. The Kier molecular flexibility index (Phi) is 4.93. The molecule has 0 aliphatic carbocycles. The van der Waals surface area contributed by atoms with E-state index in [1.165, 1.54) is 0 Å². The first-order valence-electron chi connectivity index (χ1n) is 9.76. The number of benzene rings is 2. The number of nitrogens with one attached hydrogen (secondary N) is 1. The average molecular weight is 423 g/mol. The topological polar surface area (TPSA) is 116 Å². The molecule has 156 valence electrons. The number of carbonyl (C=O) groups is 1. The number of rotatable bonds is 6. The van der Waals surface area contributed by atoms with E-state index in [2.05, 4.69) is 19.9 Å². The number of nitrogens with two attached hydrogens (primary N) is 1. The zero-order chi connectivity index (χ0) is 21.9. The molecule has 0 atom stereocenters. The summed E-state index contributed by atoms with van der Waals surface area (Å²) < 4.78 is 12.1. The van der Waals surface area contributed by atoms with Gasteiger partial charge in [0.15, 0.2) is 17.3 Å². The van der Waals surface area contributed by atoms with Gasteiger partial charge in [-0.05, 0) is 48.5 Å². The molecular weight excluding hydrogens is 406 g/mol. The molecule has 0 aliphatic heterocycles. The third kappa shape index (κ3) is 3.97. The summed E-state index contributed by atoms with van der Waals surface area (Å²) >= 11 is 0. The predicted molar refractivity (Wildman–Crippen MR) is 119 cm³/mol. The lowest BCUT2D eigenvalue weighted by molar-refractivity contribution is 0.100. The summed E-state index contributed by atoms with van der Waals surface area (Å²) in [6.07, 6.45) is 4.99. The Hall–Kier alpha value is -4.72. The maximum absolute atomic E-state index is 11.3. The number of ether oxygens (including phenoxy) is 2. The van der Waals surface area contributed by atoms with Gasteiger partial charge in [-0.2, -0.15) is 0 Å². The van der Waals surface area contributed by atoms with E-state index in [0.717, 1.165) is 11.2 Å². The molecular formula is C24H17N5O3. The zero-order valence-electron chi connectivity index (χ0n) is 16.7. The van der Waals surface area contributed by atoms with Crippen molar-refractivity contribution >= 4 is 16.9 Å². The molecule has 0 saturated carbocycles. The van der Waals surface area contributed by atoms with Crippen LogP contribution in [0.5, 0.6) is 23.0 Å². The smallest absolute Gasteiger partial charge is 0.248 e. The Morgan fingerprint density at radius 3 is 2.41 bits per heavy atom. The maximum atomic E-state index is 11.3. The van der Waals surface area contributed by atoms with Gasteiger partial charge in [-0.15, -0.1) is 0 Å². The molecule has 1 amide bonds. The number of H-pyrrole nitrogens is 1. The number of hydrogen-bond acceptors (Lipinski definition) is 6. The van der Waals surface area contributed by atoms with Gasteiger partial charge in [-0.1, -0.05) is 6.07 Å². The Labute approximate surface area is 182 Å². The second-order valence-corrected chi connectivity index (χ2v) is 6.90. The van der Waals surface area contributed by atoms with Crippen LogP contribution in [0.3, 0.4) is 0 Å². The Balaban J connectivity index is 1.56. The maximum Gasteiger partial charge on any atom is 0.248 e. The third-order valence-electron chi connectivity index (χ3n) is 4.68. The summed E-state index contributed by atoms with van der Waals surface area (Å²) in [6, 6.07) is 19.4. The van der Waals surface area contributed by atoms with Gasteiger partial charge < -0.3 is 20.2 Å². The van der Waals surface area contributed by atoms with E-state index in [1.54, 1.807) is 61.1 Å². The van der Waals surface area contributed by atoms with Gasteiger partial charge in [0.1, 0.15) is 17.2 Å². The van der Waals surface area contributed by atoms with Gasteiger partial charge in [0.25, 0.3) is 0 Å². The number of fused-ring (bicyclic) bond motifs is 1. The SMILES string of the molecule is NC(=O)c1ccc(Oc2cc3nc(-c4ccccn4)[nH]c3cc2Oc2cccnc2)cc1. The minimum Gasteiger partial charge on any atom is -0.453 e. The highest BCUT2D eigenvalue weighted by Crippen LogP contribution is 2.38. The summed E-state index contributed by atoms with van der Waals surface area (Å²) in [7, 11) is 0. The standard InChI is InChI=1S/C24H17N5O3/c25-23(30)15-6-8-16(9-7-15)31-21-12-19-20(13-22(21)32-17-4-3-10-26-14-17)29-24(28-19)18-5-1-2-11-27-18/h1-14H,(H2,25,30)(H,28,29). The van der Waals surface area contributed by atoms with Crippen LogP contribution in [0.2, 0.25) is 0 Å². The molecule has 3 heterocycles. The van der Waals surface area contributed by atoms with Crippen LogP contribution in [0.4, 0.5) is 0 Å². The van der Waals surface area contributed by atoms with E-state index in [0.29, 0.717) is 39.9 Å². The first kappa shape index (κ1) is 19.3. The van der Waals surface area contributed by atoms with Crippen LogP contribution in [0, 0.1) is 0 Å². The molecule has 2 aromatic carbocycles. The normalized spacial score (nSPS) is 10.8. The number of pyridine rings is 2. The van der Waals surface area contributed by atoms with E-state index in [9.17, 15) is 4.79 Å². The fourth-order valence-corrected chi connectivity index (χ4v) is 3.15. The number of imidazole rings is 1. The number of carbonyl (C=O) groups excluding carboxylic acids is 1. The molecule has 8 nitrogen and oxygen atoms in total. The molecule has 5 rings (SSSR count). The lowest BCUT2D eigenvalue weighted by atomic mass is 10.2. The number of aromatic amines is 1. The molecule has 0 bridgehead atoms. The predicted octanol–water partition coefficient (Wildman–Crippen LogP) is 4.70. The molecule has 0 radical (unpaired) electrons. The van der Waals surface area contributed by atoms with Gasteiger partial charge >= 0.3 is 0 Å². The highest BCUT2D eigenvalue weighted by Gasteiger charge is 2.15. The van der Waals surface area contributed by atoms with Crippen molar-refractivity contribution < 1.29 is 14.3 Å². The number of nitrogens with zero attached hydrogens (tertiary/aromatic N) is 3. The molecule has 3 N–H and O–H groups in total. The quantitative estimate of drug-likeness (QED) is 0.409. The van der Waals surface area contributed by atoms with E-state index >= 15 is 0 Å². The van der Waals surface area contributed by atoms with Crippen LogP contribution in [0.25, 0.3) is 22.6 Å². The van der Waals surface area contributed by atoms with Gasteiger partial charge in [0.2, 0.25) is 5.91 Å². The molecule has 0 unspecified atom stereocenters. The van der Waals surface area contributed by atoms with Crippen LogP contribution in [0.15, 0.2) is 85.3 Å². The Morgan fingerprint density at radius 2 is 1.69 bits per heavy atom. The van der Waals surface area contributed by atoms with E-state index in [4.69, 9.17) is 15.2 Å².